The standard InChI is InChI=1S/C25H22ClN3O3S/c1-2-32-20-10-8-19(9-11-20)29-24(31)22(15-17-6-5-7-18(26)14-17)33-25(29)21(16-27)23(30)28-12-3-4-13-28/h5-11,14-15H,2-4,12-13H2,1H3/b22-15+,25-21-. The molecule has 6 nitrogen and oxygen atoms in total. The van der Waals surface area contributed by atoms with Crippen LogP contribution < -0.4 is 19.5 Å². The summed E-state index contributed by atoms with van der Waals surface area (Å²) in [6.45, 7) is 3.65. The summed E-state index contributed by atoms with van der Waals surface area (Å²) in [6.07, 6.45) is 3.55. The van der Waals surface area contributed by atoms with Gasteiger partial charge in [0.15, 0.2) is 5.57 Å². The van der Waals surface area contributed by atoms with Crippen LogP contribution in [0.2, 0.25) is 5.02 Å². The minimum Gasteiger partial charge on any atom is -0.494 e. The molecule has 1 aromatic heterocycles. The number of aromatic nitrogens is 1. The maximum Gasteiger partial charge on any atom is 0.273 e. The van der Waals surface area contributed by atoms with Gasteiger partial charge in [-0.1, -0.05) is 23.7 Å². The van der Waals surface area contributed by atoms with E-state index in [2.05, 4.69) is 6.07 Å². The molecule has 0 spiro atoms. The second-order valence-corrected chi connectivity index (χ2v) is 8.99. The number of halogens is 1. The molecule has 0 bridgehead atoms. The number of benzene rings is 2. The van der Waals surface area contributed by atoms with Gasteiger partial charge in [0.25, 0.3) is 11.5 Å². The summed E-state index contributed by atoms with van der Waals surface area (Å²) in [6, 6.07) is 16.3. The maximum absolute atomic E-state index is 13.5. The van der Waals surface area contributed by atoms with Crippen LogP contribution in [0.1, 0.15) is 25.3 Å². The van der Waals surface area contributed by atoms with E-state index in [1.54, 1.807) is 53.4 Å². The maximum atomic E-state index is 13.5. The number of hydrogen-bond donors (Lipinski definition) is 0. The number of nitrogens with zero attached hydrogens (tertiary/aromatic N) is 3. The summed E-state index contributed by atoms with van der Waals surface area (Å²) >= 11 is 7.23. The van der Waals surface area contributed by atoms with Crippen molar-refractivity contribution in [3.8, 4) is 17.5 Å². The molecule has 0 atom stereocenters. The van der Waals surface area contributed by atoms with E-state index in [0.717, 1.165) is 29.7 Å². The summed E-state index contributed by atoms with van der Waals surface area (Å²) < 4.78 is 7.66. The molecule has 1 amide bonds. The Morgan fingerprint density at radius 3 is 2.58 bits per heavy atom. The Bertz CT molecular complexity index is 1390. The molecule has 8 heteroatoms. The first-order valence-corrected chi connectivity index (χ1v) is 11.9. The molecule has 1 aliphatic rings. The van der Waals surface area contributed by atoms with Gasteiger partial charge in [-0.05, 0) is 67.8 Å². The highest BCUT2D eigenvalue weighted by molar-refractivity contribution is 7.07. The van der Waals surface area contributed by atoms with E-state index in [0.29, 0.717) is 45.4 Å². The van der Waals surface area contributed by atoms with Crippen LogP contribution in [-0.4, -0.2) is 35.1 Å². The number of hydrogen-bond acceptors (Lipinski definition) is 5. The van der Waals surface area contributed by atoms with Crippen molar-refractivity contribution < 1.29 is 9.53 Å². The molecule has 3 aromatic rings. The minimum absolute atomic E-state index is 0.0290. The molecule has 2 aromatic carbocycles. The molecule has 0 unspecified atom stereocenters. The fourth-order valence-corrected chi connectivity index (χ4v) is 5.05. The number of ether oxygens (including phenoxy) is 1. The third-order valence-corrected chi connectivity index (χ3v) is 6.64. The molecular formula is C25H22ClN3O3S. The fraction of sp³-hybridized carbons (Fsp3) is 0.240. The molecule has 168 valence electrons. The summed E-state index contributed by atoms with van der Waals surface area (Å²) in [5.41, 5.74) is 0.984. The third kappa shape index (κ3) is 4.87. The number of amides is 1. The van der Waals surface area contributed by atoms with Crippen molar-refractivity contribution in [2.75, 3.05) is 19.7 Å². The molecule has 0 saturated carbocycles. The number of carbonyl (C=O) groups is 1. The van der Waals surface area contributed by atoms with Crippen molar-refractivity contribution in [1.29, 1.82) is 5.26 Å². The highest BCUT2D eigenvalue weighted by atomic mass is 35.5. The lowest BCUT2D eigenvalue weighted by atomic mass is 10.2. The summed E-state index contributed by atoms with van der Waals surface area (Å²) in [7, 11) is 0. The van der Waals surface area contributed by atoms with Gasteiger partial charge >= 0.3 is 0 Å². The summed E-state index contributed by atoms with van der Waals surface area (Å²) in [4.78, 5) is 28.3. The molecule has 4 rings (SSSR count). The molecule has 0 N–H and O–H groups in total. The molecule has 0 aliphatic carbocycles. The molecule has 1 saturated heterocycles. The van der Waals surface area contributed by atoms with Crippen LogP contribution in [0.5, 0.6) is 5.75 Å². The summed E-state index contributed by atoms with van der Waals surface area (Å²) in [5, 5.41) is 10.5. The highest BCUT2D eigenvalue weighted by Crippen LogP contribution is 2.16. The quantitative estimate of drug-likeness (QED) is 0.563. The molecule has 33 heavy (non-hydrogen) atoms. The van der Waals surface area contributed by atoms with Crippen LogP contribution in [0.3, 0.4) is 0 Å². The third-order valence-electron chi connectivity index (χ3n) is 5.31. The van der Waals surface area contributed by atoms with Crippen molar-refractivity contribution in [2.24, 2.45) is 0 Å². The zero-order chi connectivity index (χ0) is 23.4. The average Bonchev–Trinajstić information content (AvgIpc) is 3.45. The highest BCUT2D eigenvalue weighted by Gasteiger charge is 2.24. The second-order valence-electron chi connectivity index (χ2n) is 7.52. The SMILES string of the molecule is CCOc1ccc(-n2c(=O)/c(=C\c3cccc(Cl)c3)s/c2=C(/C#N)C(=O)N2CCCC2)cc1. The largest absolute Gasteiger partial charge is 0.494 e. The minimum atomic E-state index is -0.342. The normalized spacial score (nSPS) is 14.8. The van der Waals surface area contributed by atoms with E-state index in [-0.39, 0.29) is 17.0 Å². The zero-order valence-electron chi connectivity index (χ0n) is 18.1. The number of likely N-dealkylation sites (tertiary alicyclic amines) is 1. The Kier molecular flexibility index (Phi) is 6.97. The Labute approximate surface area is 200 Å². The van der Waals surface area contributed by atoms with E-state index >= 15 is 0 Å². The average molecular weight is 480 g/mol. The first-order chi connectivity index (χ1) is 16.0. The van der Waals surface area contributed by atoms with Gasteiger partial charge in [-0.25, -0.2) is 0 Å². The van der Waals surface area contributed by atoms with E-state index in [4.69, 9.17) is 16.3 Å². The zero-order valence-corrected chi connectivity index (χ0v) is 19.7. The lowest BCUT2D eigenvalue weighted by Gasteiger charge is -2.14. The van der Waals surface area contributed by atoms with E-state index in [1.807, 2.05) is 13.0 Å². The van der Waals surface area contributed by atoms with Crippen LogP contribution in [0.15, 0.2) is 53.3 Å². The van der Waals surface area contributed by atoms with Crippen LogP contribution in [0, 0.1) is 11.3 Å². The second kappa shape index (κ2) is 10.1. The van der Waals surface area contributed by atoms with E-state index in [1.165, 1.54) is 4.57 Å². The monoisotopic (exact) mass is 479 g/mol. The first kappa shape index (κ1) is 22.8. The van der Waals surface area contributed by atoms with E-state index in [9.17, 15) is 14.9 Å². The Hall–Kier alpha value is -3.34. The van der Waals surface area contributed by atoms with Gasteiger partial charge in [0.1, 0.15) is 16.5 Å². The van der Waals surface area contributed by atoms with Crippen LogP contribution in [0.25, 0.3) is 17.3 Å². The number of thiazole rings is 1. The Morgan fingerprint density at radius 2 is 1.94 bits per heavy atom. The molecule has 2 heterocycles. The van der Waals surface area contributed by atoms with E-state index < -0.39 is 0 Å². The number of nitriles is 1. The van der Waals surface area contributed by atoms with Gasteiger partial charge in [-0.2, -0.15) is 5.26 Å². The van der Waals surface area contributed by atoms with Gasteiger partial charge in [0, 0.05) is 18.1 Å². The van der Waals surface area contributed by atoms with Crippen molar-refractivity contribution in [1.82, 2.24) is 9.47 Å². The van der Waals surface area contributed by atoms with Gasteiger partial charge in [-0.15, -0.1) is 11.3 Å². The van der Waals surface area contributed by atoms with Gasteiger partial charge in [-0.3, -0.25) is 14.2 Å². The van der Waals surface area contributed by atoms with Gasteiger partial charge < -0.3 is 9.64 Å². The Balaban J connectivity index is 1.97. The lowest BCUT2D eigenvalue weighted by molar-refractivity contribution is -0.123. The Morgan fingerprint density at radius 1 is 1.21 bits per heavy atom. The molecule has 1 fully saturated rings. The predicted octanol–water partition coefficient (Wildman–Crippen LogP) is 3.08. The number of rotatable bonds is 5. The molecule has 1 aliphatic heterocycles. The van der Waals surface area contributed by atoms with Crippen molar-refractivity contribution in [3.63, 3.8) is 0 Å². The van der Waals surface area contributed by atoms with Crippen molar-refractivity contribution in [2.45, 2.75) is 19.8 Å². The van der Waals surface area contributed by atoms with Crippen LogP contribution in [-0.2, 0) is 4.79 Å². The van der Waals surface area contributed by atoms with Crippen molar-refractivity contribution >= 4 is 40.5 Å². The fourth-order valence-electron chi connectivity index (χ4n) is 3.76. The van der Waals surface area contributed by atoms with Crippen LogP contribution in [0.4, 0.5) is 0 Å². The first-order valence-electron chi connectivity index (χ1n) is 10.7. The van der Waals surface area contributed by atoms with Crippen LogP contribution >= 0.6 is 22.9 Å². The smallest absolute Gasteiger partial charge is 0.273 e. The van der Waals surface area contributed by atoms with Gasteiger partial charge in [0.2, 0.25) is 0 Å². The van der Waals surface area contributed by atoms with Crippen molar-refractivity contribution in [3.05, 3.63) is 78.7 Å². The predicted molar refractivity (Wildman–Crippen MR) is 130 cm³/mol. The van der Waals surface area contributed by atoms with Gasteiger partial charge in [0.05, 0.1) is 16.8 Å². The lowest BCUT2D eigenvalue weighted by Crippen LogP contribution is -2.35. The number of carbonyl (C=O) groups excluding carboxylic acids is 1. The molecule has 0 radical (unpaired) electrons. The topological polar surface area (TPSA) is 75.3 Å². The summed E-state index contributed by atoms with van der Waals surface area (Å²) in [5.74, 6) is 0.333. The molecular weight excluding hydrogens is 458 g/mol.